The van der Waals surface area contributed by atoms with Crippen molar-refractivity contribution < 1.29 is 15.3 Å². The molecule has 0 spiro atoms. The molecule has 4 atom stereocenters. The Morgan fingerprint density at radius 1 is 1.20 bits per heavy atom. The van der Waals surface area contributed by atoms with Gasteiger partial charge in [-0.3, -0.25) is 0 Å². The third-order valence-corrected chi connectivity index (χ3v) is 3.62. The van der Waals surface area contributed by atoms with E-state index in [1.54, 1.807) is 10.9 Å². The van der Waals surface area contributed by atoms with Crippen LogP contribution in [0.25, 0.3) is 11.2 Å². The van der Waals surface area contributed by atoms with Gasteiger partial charge >= 0.3 is 0 Å². The molecule has 2 aromatic rings. The van der Waals surface area contributed by atoms with Crippen molar-refractivity contribution in [3.05, 3.63) is 12.7 Å². The molecular formula is C11H16N6O3. The lowest BCUT2D eigenvalue weighted by atomic mass is 10.1. The molecule has 0 aromatic carbocycles. The summed E-state index contributed by atoms with van der Waals surface area (Å²) in [5, 5.41) is 31.8. The molecule has 108 valence electrons. The average Bonchev–Trinajstić information content (AvgIpc) is 2.97. The molecule has 0 unspecified atom stereocenters. The topological polar surface area (TPSA) is 142 Å². The normalized spacial score (nSPS) is 30.1. The highest BCUT2D eigenvalue weighted by molar-refractivity contribution is 5.81. The van der Waals surface area contributed by atoms with Crippen LogP contribution in [0.15, 0.2) is 12.7 Å². The molecule has 9 nitrogen and oxygen atoms in total. The van der Waals surface area contributed by atoms with E-state index in [9.17, 15) is 10.2 Å². The van der Waals surface area contributed by atoms with E-state index in [0.717, 1.165) is 0 Å². The van der Waals surface area contributed by atoms with E-state index in [2.05, 4.69) is 20.3 Å². The first-order valence-corrected chi connectivity index (χ1v) is 6.26. The SMILES string of the molecule is Nc1ncnc2c1ncn2C[C@@H]1N[C@@H](CO)[C@@H](O)[C@@H]1O. The zero-order chi connectivity index (χ0) is 14.3. The lowest BCUT2D eigenvalue weighted by Crippen LogP contribution is -2.38. The number of nitrogens with one attached hydrogen (secondary N) is 1. The first-order valence-electron chi connectivity index (χ1n) is 6.26. The summed E-state index contributed by atoms with van der Waals surface area (Å²) in [5.41, 5.74) is 6.77. The second-order valence-electron chi connectivity index (χ2n) is 4.87. The standard InChI is InChI=1S/C11H16N6O3/c12-10-7-11(14-3-13-10)17(4-15-7)1-5-8(19)9(20)6(2-18)16-5/h3-6,8-9,16,18-20H,1-2H2,(H2,12,13,14)/t5-,6-,8+,9+/m0/s1. The molecule has 3 rings (SSSR count). The fourth-order valence-corrected chi connectivity index (χ4v) is 2.51. The van der Waals surface area contributed by atoms with Crippen molar-refractivity contribution in [2.24, 2.45) is 0 Å². The lowest BCUT2D eigenvalue weighted by Gasteiger charge is -2.16. The number of anilines is 1. The van der Waals surface area contributed by atoms with Crippen molar-refractivity contribution in [2.45, 2.75) is 30.8 Å². The number of hydrogen-bond acceptors (Lipinski definition) is 8. The number of nitrogens with two attached hydrogens (primary N) is 1. The molecule has 20 heavy (non-hydrogen) atoms. The Kier molecular flexibility index (Phi) is 3.26. The van der Waals surface area contributed by atoms with Crippen LogP contribution in [0.2, 0.25) is 0 Å². The molecule has 1 aliphatic heterocycles. The summed E-state index contributed by atoms with van der Waals surface area (Å²) in [6.45, 7) is 0.107. The number of aliphatic hydroxyl groups is 3. The van der Waals surface area contributed by atoms with Crippen LogP contribution in [0, 0.1) is 0 Å². The highest BCUT2D eigenvalue weighted by Gasteiger charge is 2.40. The summed E-state index contributed by atoms with van der Waals surface area (Å²) in [5.74, 6) is 0.293. The molecular weight excluding hydrogens is 264 g/mol. The van der Waals surface area contributed by atoms with Crippen molar-refractivity contribution in [1.29, 1.82) is 0 Å². The van der Waals surface area contributed by atoms with E-state index in [1.807, 2.05) is 0 Å². The van der Waals surface area contributed by atoms with Crippen LogP contribution in [0.1, 0.15) is 0 Å². The fourth-order valence-electron chi connectivity index (χ4n) is 2.51. The molecule has 1 fully saturated rings. The summed E-state index contributed by atoms with van der Waals surface area (Å²) in [6, 6.07) is -0.944. The number of fused-ring (bicyclic) bond motifs is 1. The molecule has 0 bridgehead atoms. The number of nitrogen functional groups attached to an aromatic ring is 1. The van der Waals surface area contributed by atoms with Gasteiger partial charge in [0.1, 0.15) is 11.8 Å². The molecule has 6 N–H and O–H groups in total. The average molecular weight is 280 g/mol. The van der Waals surface area contributed by atoms with Crippen molar-refractivity contribution >= 4 is 17.0 Å². The maximum Gasteiger partial charge on any atom is 0.165 e. The van der Waals surface area contributed by atoms with E-state index < -0.39 is 24.3 Å². The molecule has 0 radical (unpaired) electrons. The first-order chi connectivity index (χ1) is 9.61. The van der Waals surface area contributed by atoms with Crippen LogP contribution >= 0.6 is 0 Å². The predicted molar refractivity (Wildman–Crippen MR) is 69.5 cm³/mol. The predicted octanol–water partition coefficient (Wildman–Crippen LogP) is -2.54. The van der Waals surface area contributed by atoms with Crippen LogP contribution in [-0.4, -0.2) is 65.7 Å². The van der Waals surface area contributed by atoms with Crippen molar-refractivity contribution in [1.82, 2.24) is 24.8 Å². The van der Waals surface area contributed by atoms with Gasteiger partial charge in [0.05, 0.1) is 37.2 Å². The van der Waals surface area contributed by atoms with Gasteiger partial charge in [0.25, 0.3) is 0 Å². The maximum absolute atomic E-state index is 9.97. The molecule has 0 saturated carbocycles. The molecule has 2 aromatic heterocycles. The van der Waals surface area contributed by atoms with Gasteiger partial charge in [0.2, 0.25) is 0 Å². The Morgan fingerprint density at radius 3 is 2.65 bits per heavy atom. The molecule has 1 aliphatic rings. The fraction of sp³-hybridized carbons (Fsp3) is 0.545. The Bertz CT molecular complexity index is 617. The largest absolute Gasteiger partial charge is 0.395 e. The van der Waals surface area contributed by atoms with Crippen LogP contribution < -0.4 is 11.1 Å². The minimum Gasteiger partial charge on any atom is -0.395 e. The van der Waals surface area contributed by atoms with Crippen LogP contribution in [-0.2, 0) is 6.54 Å². The van der Waals surface area contributed by atoms with Crippen LogP contribution in [0.3, 0.4) is 0 Å². The Hall–Kier alpha value is -1.81. The van der Waals surface area contributed by atoms with Gasteiger partial charge in [-0.15, -0.1) is 0 Å². The third kappa shape index (κ3) is 2.00. The Balaban J connectivity index is 1.85. The molecule has 0 aliphatic carbocycles. The monoisotopic (exact) mass is 280 g/mol. The van der Waals surface area contributed by atoms with E-state index in [-0.39, 0.29) is 6.61 Å². The highest BCUT2D eigenvalue weighted by atomic mass is 16.3. The van der Waals surface area contributed by atoms with E-state index >= 15 is 0 Å². The maximum atomic E-state index is 9.97. The summed E-state index contributed by atoms with van der Waals surface area (Å²) in [4.78, 5) is 12.1. The van der Waals surface area contributed by atoms with Gasteiger partial charge in [-0.1, -0.05) is 0 Å². The summed E-state index contributed by atoms with van der Waals surface area (Å²) in [6.07, 6.45) is 0.936. The van der Waals surface area contributed by atoms with Crippen molar-refractivity contribution in [3.8, 4) is 0 Å². The molecule has 1 saturated heterocycles. The number of aromatic nitrogens is 4. The Morgan fingerprint density at radius 2 is 1.95 bits per heavy atom. The zero-order valence-corrected chi connectivity index (χ0v) is 10.6. The number of rotatable bonds is 3. The van der Waals surface area contributed by atoms with E-state index in [0.29, 0.717) is 23.5 Å². The van der Waals surface area contributed by atoms with Gasteiger partial charge in [-0.2, -0.15) is 0 Å². The second-order valence-corrected chi connectivity index (χ2v) is 4.87. The summed E-state index contributed by atoms with van der Waals surface area (Å²) < 4.78 is 1.72. The molecule has 3 heterocycles. The van der Waals surface area contributed by atoms with Gasteiger partial charge in [-0.05, 0) is 0 Å². The first kappa shape index (κ1) is 13.2. The highest BCUT2D eigenvalue weighted by Crippen LogP contribution is 2.19. The number of hydrogen-bond donors (Lipinski definition) is 5. The van der Waals surface area contributed by atoms with Crippen LogP contribution in [0.4, 0.5) is 5.82 Å². The summed E-state index contributed by atoms with van der Waals surface area (Å²) >= 11 is 0. The lowest BCUT2D eigenvalue weighted by molar-refractivity contribution is 0.0180. The van der Waals surface area contributed by atoms with Gasteiger partial charge in [0, 0.05) is 6.54 Å². The minimum absolute atomic E-state index is 0.242. The Labute approximate surface area is 114 Å². The smallest absolute Gasteiger partial charge is 0.165 e. The third-order valence-electron chi connectivity index (χ3n) is 3.62. The van der Waals surface area contributed by atoms with Gasteiger partial charge < -0.3 is 30.9 Å². The van der Waals surface area contributed by atoms with E-state index in [1.165, 1.54) is 6.33 Å². The quantitative estimate of drug-likeness (QED) is 0.414. The molecule has 0 amide bonds. The minimum atomic E-state index is -1.00. The van der Waals surface area contributed by atoms with Gasteiger partial charge in [-0.25, -0.2) is 15.0 Å². The van der Waals surface area contributed by atoms with Crippen molar-refractivity contribution in [3.63, 3.8) is 0 Å². The van der Waals surface area contributed by atoms with Gasteiger partial charge in [0.15, 0.2) is 11.5 Å². The zero-order valence-electron chi connectivity index (χ0n) is 10.6. The number of nitrogens with zero attached hydrogens (tertiary/aromatic N) is 4. The number of imidazole rings is 1. The van der Waals surface area contributed by atoms with Crippen LogP contribution in [0.5, 0.6) is 0 Å². The second kappa shape index (κ2) is 4.94. The number of aliphatic hydroxyl groups excluding tert-OH is 3. The summed E-state index contributed by atoms with van der Waals surface area (Å²) in [7, 11) is 0. The van der Waals surface area contributed by atoms with E-state index in [4.69, 9.17) is 10.8 Å². The van der Waals surface area contributed by atoms with Crippen molar-refractivity contribution in [2.75, 3.05) is 12.3 Å². The molecule has 9 heteroatoms.